The van der Waals surface area contributed by atoms with Gasteiger partial charge in [0.15, 0.2) is 0 Å². The zero-order valence-electron chi connectivity index (χ0n) is 11.6. The van der Waals surface area contributed by atoms with E-state index in [9.17, 15) is 14.9 Å². The molecule has 0 spiro atoms. The second kappa shape index (κ2) is 7.59. The summed E-state index contributed by atoms with van der Waals surface area (Å²) >= 11 is 3.34. The molecule has 0 amide bonds. The Hall–Kier alpha value is -1.61. The maximum absolute atomic E-state index is 11.6. The maximum atomic E-state index is 11.6. The molecule has 2 aromatic rings. The molecular weight excluding hydrogens is 417 g/mol. The minimum Gasteiger partial charge on any atom is -0.462 e. The first kappa shape index (κ1) is 16.8. The molecule has 0 bridgehead atoms. The van der Waals surface area contributed by atoms with E-state index in [1.165, 1.54) is 11.8 Å². The summed E-state index contributed by atoms with van der Waals surface area (Å²) in [5.41, 5.74) is 0.577. The van der Waals surface area contributed by atoms with Gasteiger partial charge in [-0.05, 0) is 65.9 Å². The molecule has 0 fully saturated rings. The molecule has 0 heterocycles. The third kappa shape index (κ3) is 4.20. The molecule has 0 saturated carbocycles. The van der Waals surface area contributed by atoms with Crippen LogP contribution in [0.2, 0.25) is 0 Å². The van der Waals surface area contributed by atoms with Crippen molar-refractivity contribution in [3.05, 3.63) is 61.7 Å². The van der Waals surface area contributed by atoms with E-state index in [2.05, 4.69) is 0 Å². The Labute approximate surface area is 145 Å². The number of carbonyl (C=O) groups is 1. The number of hydrogen-bond acceptors (Lipinski definition) is 5. The van der Waals surface area contributed by atoms with Crippen molar-refractivity contribution in [3.63, 3.8) is 0 Å². The standard InChI is InChI=1S/C15H12INO4S/c1-2-21-15(18)10-3-5-11(6-4-10)22-12-7-8-13(16)14(9-12)17(19)20/h3-9H,2H2,1H3. The summed E-state index contributed by atoms with van der Waals surface area (Å²) in [5, 5.41) is 10.9. The van der Waals surface area contributed by atoms with Gasteiger partial charge < -0.3 is 4.74 Å². The molecular formula is C15H12INO4S. The van der Waals surface area contributed by atoms with E-state index in [-0.39, 0.29) is 11.7 Å². The Morgan fingerprint density at radius 2 is 1.86 bits per heavy atom. The van der Waals surface area contributed by atoms with Crippen LogP contribution in [0.5, 0.6) is 0 Å². The van der Waals surface area contributed by atoms with Crippen LogP contribution in [0.25, 0.3) is 0 Å². The first-order chi connectivity index (χ1) is 10.5. The van der Waals surface area contributed by atoms with Gasteiger partial charge in [0.1, 0.15) is 0 Å². The molecule has 0 atom stereocenters. The largest absolute Gasteiger partial charge is 0.462 e. The molecule has 0 aliphatic heterocycles. The predicted molar refractivity (Wildman–Crippen MR) is 92.3 cm³/mol. The van der Waals surface area contributed by atoms with Gasteiger partial charge in [-0.25, -0.2) is 4.79 Å². The highest BCUT2D eigenvalue weighted by Gasteiger charge is 2.13. The highest BCUT2D eigenvalue weighted by molar-refractivity contribution is 14.1. The average molecular weight is 429 g/mol. The van der Waals surface area contributed by atoms with Crippen LogP contribution in [0.1, 0.15) is 17.3 Å². The Morgan fingerprint density at radius 3 is 2.45 bits per heavy atom. The Bertz CT molecular complexity index is 703. The summed E-state index contributed by atoms with van der Waals surface area (Å²) in [4.78, 5) is 23.8. The molecule has 5 nitrogen and oxygen atoms in total. The van der Waals surface area contributed by atoms with Crippen molar-refractivity contribution in [1.29, 1.82) is 0 Å². The molecule has 2 aromatic carbocycles. The second-order valence-corrected chi connectivity index (χ2v) is 6.53. The molecule has 0 unspecified atom stereocenters. The third-order valence-corrected chi connectivity index (χ3v) is 4.63. The van der Waals surface area contributed by atoms with Gasteiger partial charge in [-0.15, -0.1) is 0 Å². The van der Waals surface area contributed by atoms with Crippen LogP contribution in [0, 0.1) is 13.7 Å². The Kier molecular flexibility index (Phi) is 5.78. The summed E-state index contributed by atoms with van der Waals surface area (Å²) < 4.78 is 5.52. The van der Waals surface area contributed by atoms with Crippen LogP contribution in [0.3, 0.4) is 0 Å². The monoisotopic (exact) mass is 429 g/mol. The fourth-order valence-corrected chi connectivity index (χ4v) is 3.09. The molecule has 0 saturated heterocycles. The smallest absolute Gasteiger partial charge is 0.338 e. The zero-order chi connectivity index (χ0) is 16.1. The highest BCUT2D eigenvalue weighted by atomic mass is 127. The lowest BCUT2D eigenvalue weighted by Gasteiger charge is -2.05. The Balaban J connectivity index is 2.16. The Morgan fingerprint density at radius 1 is 1.23 bits per heavy atom. The zero-order valence-corrected chi connectivity index (χ0v) is 14.6. The van der Waals surface area contributed by atoms with Gasteiger partial charge in [0.05, 0.1) is 20.7 Å². The van der Waals surface area contributed by atoms with Crippen LogP contribution in [-0.4, -0.2) is 17.5 Å². The number of rotatable bonds is 5. The third-order valence-electron chi connectivity index (χ3n) is 2.72. The maximum Gasteiger partial charge on any atom is 0.338 e. The number of ether oxygens (including phenoxy) is 1. The van der Waals surface area contributed by atoms with Crippen LogP contribution in [0.4, 0.5) is 5.69 Å². The van der Waals surface area contributed by atoms with Crippen molar-refractivity contribution in [2.24, 2.45) is 0 Å². The minimum absolute atomic E-state index is 0.0914. The van der Waals surface area contributed by atoms with E-state index >= 15 is 0 Å². The van der Waals surface area contributed by atoms with E-state index in [4.69, 9.17) is 4.74 Å². The van der Waals surface area contributed by atoms with Gasteiger partial charge in [-0.3, -0.25) is 10.1 Å². The lowest BCUT2D eigenvalue weighted by molar-refractivity contribution is -0.386. The van der Waals surface area contributed by atoms with Crippen molar-refractivity contribution < 1.29 is 14.5 Å². The molecule has 22 heavy (non-hydrogen) atoms. The van der Waals surface area contributed by atoms with Gasteiger partial charge in [0.25, 0.3) is 5.69 Å². The summed E-state index contributed by atoms with van der Waals surface area (Å²) in [7, 11) is 0. The summed E-state index contributed by atoms with van der Waals surface area (Å²) in [6.45, 7) is 2.09. The van der Waals surface area contributed by atoms with E-state index in [0.29, 0.717) is 15.7 Å². The van der Waals surface area contributed by atoms with Crippen molar-refractivity contribution in [3.8, 4) is 0 Å². The number of esters is 1. The number of nitro benzene ring substituents is 1. The average Bonchev–Trinajstić information content (AvgIpc) is 2.50. The van der Waals surface area contributed by atoms with E-state index in [1.807, 2.05) is 28.7 Å². The SMILES string of the molecule is CCOC(=O)c1ccc(Sc2ccc(I)c([N+](=O)[O-])c2)cc1. The molecule has 0 radical (unpaired) electrons. The predicted octanol–water partition coefficient (Wildman–Crippen LogP) is 4.53. The van der Waals surface area contributed by atoms with Crippen LogP contribution >= 0.6 is 34.4 Å². The van der Waals surface area contributed by atoms with Crippen molar-refractivity contribution in [2.75, 3.05) is 6.61 Å². The van der Waals surface area contributed by atoms with E-state index in [0.717, 1.165) is 9.79 Å². The summed E-state index contributed by atoms with van der Waals surface area (Å²) in [5.74, 6) is -0.357. The van der Waals surface area contributed by atoms with Gasteiger partial charge in [-0.2, -0.15) is 0 Å². The first-order valence-electron chi connectivity index (χ1n) is 6.40. The molecule has 114 valence electrons. The molecule has 0 N–H and O–H groups in total. The van der Waals surface area contributed by atoms with Crippen LogP contribution in [-0.2, 0) is 4.74 Å². The minimum atomic E-state index is -0.393. The number of nitrogens with zero attached hydrogens (tertiary/aromatic N) is 1. The van der Waals surface area contributed by atoms with Crippen LogP contribution in [0.15, 0.2) is 52.3 Å². The van der Waals surface area contributed by atoms with Gasteiger partial charge >= 0.3 is 5.97 Å². The van der Waals surface area contributed by atoms with Crippen molar-refractivity contribution in [2.45, 2.75) is 16.7 Å². The number of carbonyl (C=O) groups excluding carboxylic acids is 1. The topological polar surface area (TPSA) is 69.4 Å². The molecule has 0 aliphatic carbocycles. The second-order valence-electron chi connectivity index (χ2n) is 4.22. The first-order valence-corrected chi connectivity index (χ1v) is 8.29. The number of nitro groups is 1. The highest BCUT2D eigenvalue weighted by Crippen LogP contribution is 2.32. The van der Waals surface area contributed by atoms with Crippen LogP contribution < -0.4 is 0 Å². The van der Waals surface area contributed by atoms with Gasteiger partial charge in [0, 0.05) is 15.9 Å². The van der Waals surface area contributed by atoms with Crippen molar-refractivity contribution in [1.82, 2.24) is 0 Å². The number of benzene rings is 2. The number of halogens is 1. The quantitative estimate of drug-likeness (QED) is 0.303. The fraction of sp³-hybridized carbons (Fsp3) is 0.133. The van der Waals surface area contributed by atoms with E-state index in [1.54, 1.807) is 43.3 Å². The molecule has 7 heteroatoms. The van der Waals surface area contributed by atoms with Crippen molar-refractivity contribution >= 4 is 46.0 Å². The summed E-state index contributed by atoms with van der Waals surface area (Å²) in [6.07, 6.45) is 0. The lowest BCUT2D eigenvalue weighted by atomic mass is 10.2. The van der Waals surface area contributed by atoms with Gasteiger partial charge in [0.2, 0.25) is 0 Å². The molecule has 2 rings (SSSR count). The number of hydrogen-bond donors (Lipinski definition) is 0. The lowest BCUT2D eigenvalue weighted by Crippen LogP contribution is -2.03. The summed E-state index contributed by atoms with van der Waals surface area (Å²) in [6, 6.07) is 12.0. The van der Waals surface area contributed by atoms with E-state index < -0.39 is 4.92 Å². The normalized spacial score (nSPS) is 10.3. The van der Waals surface area contributed by atoms with Gasteiger partial charge in [-0.1, -0.05) is 11.8 Å². The molecule has 0 aromatic heterocycles. The fourth-order valence-electron chi connectivity index (χ4n) is 1.71. The molecule has 0 aliphatic rings.